The molecule has 1 unspecified atom stereocenters. The molecule has 0 aromatic carbocycles. The van der Waals surface area contributed by atoms with E-state index in [2.05, 4.69) is 27.3 Å². The first-order chi connectivity index (χ1) is 13.8. The van der Waals surface area contributed by atoms with Crippen LogP contribution in [-0.2, 0) is 9.53 Å². The van der Waals surface area contributed by atoms with Gasteiger partial charge in [0.15, 0.2) is 0 Å². The minimum absolute atomic E-state index is 0.0397. The van der Waals surface area contributed by atoms with Crippen LogP contribution in [0.3, 0.4) is 0 Å². The number of hydrogen-bond donors (Lipinski definition) is 0. The molecule has 1 spiro atoms. The van der Waals surface area contributed by atoms with Crippen molar-refractivity contribution in [2.45, 2.75) is 31.6 Å². The molecular formula is C21H24N4O3. The zero-order valence-electron chi connectivity index (χ0n) is 15.8. The summed E-state index contributed by atoms with van der Waals surface area (Å²) in [5, 5.41) is 8.65. The normalized spacial score (nSPS) is 24.3. The van der Waals surface area contributed by atoms with Gasteiger partial charge in [-0.15, -0.1) is 10.2 Å². The maximum Gasteiger partial charge on any atom is 0.247 e. The lowest BCUT2D eigenvalue weighted by Gasteiger charge is -2.36. The average Bonchev–Trinajstić information content (AvgIpc) is 3.49. The van der Waals surface area contributed by atoms with E-state index in [1.54, 1.807) is 12.4 Å². The number of nitrogens with zero attached hydrogens (tertiary/aromatic N) is 4. The highest BCUT2D eigenvalue weighted by Gasteiger charge is 2.52. The van der Waals surface area contributed by atoms with E-state index in [4.69, 9.17) is 9.15 Å². The molecule has 146 valence electrons. The highest BCUT2D eigenvalue weighted by Crippen LogP contribution is 2.50. The third kappa shape index (κ3) is 3.03. The standard InChI is InChI=1S/C21H24N4O3/c26-20(16-3-1-2-4-16)25-13-17(21(14-25)7-11-27-12-8-21)19-24-23-18(28-19)15-5-9-22-10-6-15/h1-2,5-6,9-10,16-17H,3-4,7-8,11-14H2. The number of carbonyl (C=O) groups is 1. The Labute approximate surface area is 163 Å². The Hall–Kier alpha value is -2.54. The van der Waals surface area contributed by atoms with Gasteiger partial charge in [0, 0.05) is 55.6 Å². The lowest BCUT2D eigenvalue weighted by molar-refractivity contribution is -0.134. The van der Waals surface area contributed by atoms with Gasteiger partial charge in [0.25, 0.3) is 0 Å². The molecule has 0 bridgehead atoms. The molecule has 7 nitrogen and oxygen atoms in total. The number of ether oxygens (including phenoxy) is 1. The number of rotatable bonds is 3. The Bertz CT molecular complexity index is 865. The van der Waals surface area contributed by atoms with Gasteiger partial charge in [0.1, 0.15) is 0 Å². The van der Waals surface area contributed by atoms with Crippen LogP contribution in [-0.4, -0.2) is 52.3 Å². The number of allylic oxidation sites excluding steroid dienone is 2. The summed E-state index contributed by atoms with van der Waals surface area (Å²) in [6, 6.07) is 3.72. The number of likely N-dealkylation sites (tertiary alicyclic amines) is 1. The van der Waals surface area contributed by atoms with Gasteiger partial charge in [-0.1, -0.05) is 12.2 Å². The molecule has 0 N–H and O–H groups in total. The zero-order chi connectivity index (χ0) is 19.0. The summed E-state index contributed by atoms with van der Waals surface area (Å²) >= 11 is 0. The predicted molar refractivity (Wildman–Crippen MR) is 101 cm³/mol. The topological polar surface area (TPSA) is 81.4 Å². The van der Waals surface area contributed by atoms with E-state index in [0.717, 1.165) is 51.0 Å². The maximum absolute atomic E-state index is 13.1. The van der Waals surface area contributed by atoms with Gasteiger partial charge in [0.05, 0.1) is 5.92 Å². The predicted octanol–water partition coefficient (Wildman–Crippen LogP) is 2.82. The number of pyridine rings is 1. The molecule has 0 radical (unpaired) electrons. The molecule has 2 aromatic rings. The van der Waals surface area contributed by atoms with Gasteiger partial charge < -0.3 is 14.1 Å². The summed E-state index contributed by atoms with van der Waals surface area (Å²) in [5.41, 5.74) is 0.819. The fourth-order valence-corrected chi connectivity index (χ4v) is 4.82. The van der Waals surface area contributed by atoms with Crippen molar-refractivity contribution in [1.29, 1.82) is 0 Å². The molecule has 1 atom stereocenters. The summed E-state index contributed by atoms with van der Waals surface area (Å²) in [6.07, 6.45) is 11.2. The monoisotopic (exact) mass is 380 g/mol. The quantitative estimate of drug-likeness (QED) is 0.762. The van der Waals surface area contributed by atoms with Crippen molar-refractivity contribution >= 4 is 5.91 Å². The van der Waals surface area contributed by atoms with Crippen LogP contribution in [0.5, 0.6) is 0 Å². The van der Waals surface area contributed by atoms with E-state index < -0.39 is 0 Å². The second kappa shape index (κ2) is 7.13. The van der Waals surface area contributed by atoms with Crippen LogP contribution < -0.4 is 0 Å². The van der Waals surface area contributed by atoms with Crippen LogP contribution in [0.25, 0.3) is 11.5 Å². The van der Waals surface area contributed by atoms with Crippen molar-refractivity contribution < 1.29 is 13.9 Å². The fourth-order valence-electron chi connectivity index (χ4n) is 4.82. The summed E-state index contributed by atoms with van der Waals surface area (Å²) in [5.74, 6) is 1.54. The van der Waals surface area contributed by atoms with Gasteiger partial charge in [0.2, 0.25) is 17.7 Å². The van der Waals surface area contributed by atoms with E-state index in [1.165, 1.54) is 0 Å². The Balaban J connectivity index is 1.43. The minimum atomic E-state index is -0.0397. The van der Waals surface area contributed by atoms with Gasteiger partial charge in [-0.05, 0) is 37.8 Å². The molecule has 1 aliphatic carbocycles. The molecule has 2 fully saturated rings. The van der Waals surface area contributed by atoms with E-state index in [0.29, 0.717) is 18.3 Å². The zero-order valence-corrected chi connectivity index (χ0v) is 15.8. The third-order valence-electron chi connectivity index (χ3n) is 6.47. The summed E-state index contributed by atoms with van der Waals surface area (Å²) in [6.45, 7) is 2.83. The molecule has 2 aliphatic heterocycles. The van der Waals surface area contributed by atoms with Crippen LogP contribution >= 0.6 is 0 Å². The first kappa shape index (κ1) is 17.6. The molecule has 2 saturated heterocycles. The Kier molecular flexibility index (Phi) is 4.47. The Morgan fingerprint density at radius 3 is 2.61 bits per heavy atom. The van der Waals surface area contributed by atoms with Crippen LogP contribution in [0.2, 0.25) is 0 Å². The molecular weight excluding hydrogens is 356 g/mol. The highest BCUT2D eigenvalue weighted by molar-refractivity contribution is 5.80. The second-order valence-electron chi connectivity index (χ2n) is 8.07. The molecule has 2 aromatic heterocycles. The maximum atomic E-state index is 13.1. The number of hydrogen-bond acceptors (Lipinski definition) is 6. The van der Waals surface area contributed by atoms with E-state index >= 15 is 0 Å². The third-order valence-corrected chi connectivity index (χ3v) is 6.47. The second-order valence-corrected chi connectivity index (χ2v) is 8.07. The average molecular weight is 380 g/mol. The van der Waals surface area contributed by atoms with Crippen LogP contribution in [0, 0.1) is 11.3 Å². The molecule has 5 rings (SSSR count). The number of amides is 1. The Morgan fingerprint density at radius 2 is 1.86 bits per heavy atom. The first-order valence-electron chi connectivity index (χ1n) is 10.0. The van der Waals surface area contributed by atoms with E-state index in [1.807, 2.05) is 17.0 Å². The molecule has 28 heavy (non-hydrogen) atoms. The SMILES string of the molecule is O=C(C1CC=CC1)N1CC(c2nnc(-c3ccncc3)o2)C2(CCOCC2)C1. The van der Waals surface area contributed by atoms with Crippen molar-refractivity contribution in [2.24, 2.45) is 11.3 Å². The van der Waals surface area contributed by atoms with Gasteiger partial charge in [-0.2, -0.15) is 0 Å². The molecule has 3 aliphatic rings. The van der Waals surface area contributed by atoms with Crippen molar-refractivity contribution in [3.05, 3.63) is 42.6 Å². The largest absolute Gasteiger partial charge is 0.420 e. The smallest absolute Gasteiger partial charge is 0.247 e. The molecule has 7 heteroatoms. The van der Waals surface area contributed by atoms with Gasteiger partial charge in [-0.3, -0.25) is 9.78 Å². The van der Waals surface area contributed by atoms with Crippen LogP contribution in [0.4, 0.5) is 0 Å². The summed E-state index contributed by atoms with van der Waals surface area (Å²) < 4.78 is 11.7. The van der Waals surface area contributed by atoms with Crippen molar-refractivity contribution in [1.82, 2.24) is 20.1 Å². The van der Waals surface area contributed by atoms with E-state index in [-0.39, 0.29) is 23.2 Å². The highest BCUT2D eigenvalue weighted by atomic mass is 16.5. The summed E-state index contributed by atoms with van der Waals surface area (Å²) in [4.78, 5) is 19.1. The Morgan fingerprint density at radius 1 is 1.11 bits per heavy atom. The van der Waals surface area contributed by atoms with Crippen LogP contribution in [0.1, 0.15) is 37.5 Å². The number of aromatic nitrogens is 3. The van der Waals surface area contributed by atoms with Crippen molar-refractivity contribution in [2.75, 3.05) is 26.3 Å². The summed E-state index contributed by atoms with van der Waals surface area (Å²) in [7, 11) is 0. The first-order valence-corrected chi connectivity index (χ1v) is 10.0. The van der Waals surface area contributed by atoms with Crippen LogP contribution in [0.15, 0.2) is 41.1 Å². The molecule has 4 heterocycles. The van der Waals surface area contributed by atoms with Gasteiger partial charge >= 0.3 is 0 Å². The van der Waals surface area contributed by atoms with Gasteiger partial charge in [-0.25, -0.2) is 0 Å². The van der Waals surface area contributed by atoms with E-state index in [9.17, 15) is 4.79 Å². The molecule has 0 saturated carbocycles. The lowest BCUT2D eigenvalue weighted by atomic mass is 9.72. The van der Waals surface area contributed by atoms with Crippen molar-refractivity contribution in [3.8, 4) is 11.5 Å². The lowest BCUT2D eigenvalue weighted by Crippen LogP contribution is -2.38. The number of carbonyl (C=O) groups excluding carboxylic acids is 1. The fraction of sp³-hybridized carbons (Fsp3) is 0.524. The molecule has 1 amide bonds. The minimum Gasteiger partial charge on any atom is -0.420 e. The van der Waals surface area contributed by atoms with Crippen molar-refractivity contribution in [3.63, 3.8) is 0 Å².